The van der Waals surface area contributed by atoms with Gasteiger partial charge in [-0.05, 0) is 59.6 Å². The first-order valence-electron chi connectivity index (χ1n) is 15.3. The molecular formula is C40H56N4O. The van der Waals surface area contributed by atoms with Crippen molar-refractivity contribution in [1.29, 1.82) is 0 Å². The molecule has 45 heavy (non-hydrogen) atoms. The number of hydrogen-bond acceptors (Lipinski definition) is 4. The molecule has 0 bridgehead atoms. The second kappa shape index (κ2) is 19.2. The standard InChI is InChI=1S/C11H14N2.C10H11NO.C9H12.C8H11N.2CH4/c1-8(2)11-9-6-4-5-7-10(9)13(3)12-11;1-7(2)10-8-5-3-4-6-9(8)12-11-10;1-8(2)9-6-4-3-5-7-9;1-7(2)8-5-3-4-6-9-8;;/h4-8H,1-3H3;3-7H,1-2H3;3-8H,1-2H3;3-7H,1-2H3;2*1H4. The van der Waals surface area contributed by atoms with Gasteiger partial charge in [0.15, 0.2) is 5.58 Å². The lowest BCUT2D eigenvalue weighted by molar-refractivity contribution is 0.441. The number of fused-ring (bicyclic) bond motifs is 2. The molecule has 0 aliphatic rings. The number of aromatic nitrogens is 4. The quantitative estimate of drug-likeness (QED) is 0.200. The molecule has 0 spiro atoms. The molecule has 3 aromatic carbocycles. The van der Waals surface area contributed by atoms with Gasteiger partial charge in [0.1, 0.15) is 0 Å². The highest BCUT2D eigenvalue weighted by Crippen LogP contribution is 2.24. The number of hydrogen-bond donors (Lipinski definition) is 0. The van der Waals surface area contributed by atoms with E-state index in [1.54, 1.807) is 0 Å². The van der Waals surface area contributed by atoms with Crippen molar-refractivity contribution in [3.63, 3.8) is 0 Å². The molecule has 6 aromatic rings. The minimum absolute atomic E-state index is 0. The Balaban J connectivity index is 0.000000300. The van der Waals surface area contributed by atoms with E-state index in [2.05, 4.69) is 113 Å². The van der Waals surface area contributed by atoms with E-state index < -0.39 is 0 Å². The van der Waals surface area contributed by atoms with Gasteiger partial charge in [-0.1, -0.05) is 142 Å². The number of benzene rings is 3. The summed E-state index contributed by atoms with van der Waals surface area (Å²) >= 11 is 0. The first-order chi connectivity index (χ1) is 20.6. The average molecular weight is 609 g/mol. The van der Waals surface area contributed by atoms with E-state index in [1.807, 2.05) is 72.5 Å². The van der Waals surface area contributed by atoms with Crippen molar-refractivity contribution < 1.29 is 4.52 Å². The molecule has 0 atom stereocenters. The van der Waals surface area contributed by atoms with Gasteiger partial charge < -0.3 is 4.52 Å². The second-order valence-electron chi connectivity index (χ2n) is 11.9. The lowest BCUT2D eigenvalue weighted by Gasteiger charge is -2.01. The Bertz CT molecular complexity index is 1590. The Labute approximate surface area is 272 Å². The third kappa shape index (κ3) is 11.3. The number of nitrogens with zero attached hydrogens (tertiary/aromatic N) is 4. The topological polar surface area (TPSA) is 56.7 Å². The molecule has 3 heterocycles. The molecule has 0 aliphatic heterocycles. The molecule has 0 radical (unpaired) electrons. The monoisotopic (exact) mass is 608 g/mol. The van der Waals surface area contributed by atoms with Crippen molar-refractivity contribution >= 4 is 21.9 Å². The normalized spacial score (nSPS) is 10.3. The van der Waals surface area contributed by atoms with Crippen molar-refractivity contribution in [2.45, 2.75) is 93.9 Å². The molecular weight excluding hydrogens is 552 g/mol. The molecule has 0 N–H and O–H groups in total. The molecule has 0 amide bonds. The second-order valence-corrected chi connectivity index (χ2v) is 11.9. The van der Waals surface area contributed by atoms with Gasteiger partial charge in [-0.2, -0.15) is 5.10 Å². The van der Waals surface area contributed by atoms with Crippen molar-refractivity contribution in [3.05, 3.63) is 126 Å². The Morgan fingerprint density at radius 2 is 1.11 bits per heavy atom. The van der Waals surface area contributed by atoms with Crippen LogP contribution in [-0.4, -0.2) is 19.9 Å². The zero-order valence-corrected chi connectivity index (χ0v) is 27.3. The van der Waals surface area contributed by atoms with E-state index in [1.165, 1.54) is 22.2 Å². The largest absolute Gasteiger partial charge is 0.356 e. The molecule has 5 nitrogen and oxygen atoms in total. The Morgan fingerprint density at radius 3 is 1.62 bits per heavy atom. The van der Waals surface area contributed by atoms with Crippen LogP contribution in [0.25, 0.3) is 21.9 Å². The summed E-state index contributed by atoms with van der Waals surface area (Å²) in [6.07, 6.45) is 1.83. The number of rotatable bonds is 4. The van der Waals surface area contributed by atoms with E-state index in [0.717, 1.165) is 22.4 Å². The predicted molar refractivity (Wildman–Crippen MR) is 195 cm³/mol. The summed E-state index contributed by atoms with van der Waals surface area (Å²) in [5.41, 5.74) is 6.91. The zero-order chi connectivity index (χ0) is 31.4. The van der Waals surface area contributed by atoms with Crippen LogP contribution in [0.4, 0.5) is 0 Å². The highest BCUT2D eigenvalue weighted by Gasteiger charge is 2.10. The number of para-hydroxylation sites is 2. The van der Waals surface area contributed by atoms with Crippen LogP contribution in [0.3, 0.4) is 0 Å². The minimum Gasteiger partial charge on any atom is -0.356 e. The van der Waals surface area contributed by atoms with Crippen LogP contribution in [0.1, 0.15) is 117 Å². The van der Waals surface area contributed by atoms with Crippen LogP contribution < -0.4 is 0 Å². The molecule has 0 aliphatic carbocycles. The fourth-order valence-corrected chi connectivity index (χ4v) is 4.55. The molecule has 0 unspecified atom stereocenters. The van der Waals surface area contributed by atoms with Crippen LogP contribution >= 0.6 is 0 Å². The summed E-state index contributed by atoms with van der Waals surface area (Å²) < 4.78 is 7.11. The molecule has 0 fully saturated rings. The lowest BCUT2D eigenvalue weighted by atomic mass is 10.0. The maximum Gasteiger partial charge on any atom is 0.167 e. The van der Waals surface area contributed by atoms with Gasteiger partial charge in [-0.15, -0.1) is 0 Å². The van der Waals surface area contributed by atoms with E-state index >= 15 is 0 Å². The average Bonchev–Trinajstić information content (AvgIpc) is 3.61. The number of aryl methyl sites for hydroxylation is 1. The SMILES string of the molecule is C.C.CC(C)c1ccccc1.CC(C)c1ccccn1.CC(C)c1nn(C)c2ccccc12.CC(C)c1noc2ccccc12. The highest BCUT2D eigenvalue weighted by molar-refractivity contribution is 5.82. The van der Waals surface area contributed by atoms with Crippen molar-refractivity contribution in [3.8, 4) is 0 Å². The Hall–Kier alpha value is -4.25. The van der Waals surface area contributed by atoms with Crippen LogP contribution in [0.2, 0.25) is 0 Å². The zero-order valence-electron chi connectivity index (χ0n) is 27.3. The summed E-state index contributed by atoms with van der Waals surface area (Å²) in [6, 6.07) is 32.8. The maximum atomic E-state index is 5.16. The summed E-state index contributed by atoms with van der Waals surface area (Å²) in [4.78, 5) is 4.18. The van der Waals surface area contributed by atoms with Crippen molar-refractivity contribution in [2.24, 2.45) is 7.05 Å². The van der Waals surface area contributed by atoms with Crippen molar-refractivity contribution in [1.82, 2.24) is 19.9 Å². The first kappa shape index (κ1) is 38.8. The van der Waals surface area contributed by atoms with Crippen LogP contribution in [0, 0.1) is 0 Å². The van der Waals surface area contributed by atoms with Gasteiger partial charge in [0.05, 0.1) is 16.9 Å². The van der Waals surface area contributed by atoms with Gasteiger partial charge >= 0.3 is 0 Å². The molecule has 6 rings (SSSR count). The van der Waals surface area contributed by atoms with Crippen molar-refractivity contribution in [2.75, 3.05) is 0 Å². The van der Waals surface area contributed by atoms with E-state index in [4.69, 9.17) is 4.52 Å². The molecule has 3 aromatic heterocycles. The Kier molecular flexibility index (Phi) is 16.5. The van der Waals surface area contributed by atoms with Crippen LogP contribution in [0.15, 0.2) is 108 Å². The highest BCUT2D eigenvalue weighted by atomic mass is 16.5. The van der Waals surface area contributed by atoms with Gasteiger partial charge in [-0.3, -0.25) is 9.67 Å². The smallest absolute Gasteiger partial charge is 0.167 e. The summed E-state index contributed by atoms with van der Waals surface area (Å²) in [6.45, 7) is 17.3. The van der Waals surface area contributed by atoms with E-state index in [9.17, 15) is 0 Å². The number of pyridine rings is 1. The van der Waals surface area contributed by atoms with Gasteiger partial charge in [0.2, 0.25) is 0 Å². The predicted octanol–water partition coefficient (Wildman–Crippen LogP) is 11.9. The van der Waals surface area contributed by atoms with Crippen LogP contribution in [0.5, 0.6) is 0 Å². The summed E-state index contributed by atoms with van der Waals surface area (Å²) in [7, 11) is 1.99. The first-order valence-corrected chi connectivity index (χ1v) is 15.3. The third-order valence-corrected chi connectivity index (χ3v) is 7.03. The maximum absolute atomic E-state index is 5.16. The molecule has 242 valence electrons. The van der Waals surface area contributed by atoms with Crippen LogP contribution in [-0.2, 0) is 7.05 Å². The van der Waals surface area contributed by atoms with Gasteiger partial charge in [0.25, 0.3) is 0 Å². The third-order valence-electron chi connectivity index (χ3n) is 7.03. The molecule has 0 saturated carbocycles. The fraction of sp³-hybridized carbons (Fsp3) is 0.375. The molecule has 5 heteroatoms. The molecule has 0 saturated heterocycles. The van der Waals surface area contributed by atoms with Gasteiger partial charge in [-0.25, -0.2) is 0 Å². The fourth-order valence-electron chi connectivity index (χ4n) is 4.55. The Morgan fingerprint density at radius 1 is 0.556 bits per heavy atom. The summed E-state index contributed by atoms with van der Waals surface area (Å²) in [5, 5.41) is 10.9. The lowest BCUT2D eigenvalue weighted by Crippen LogP contribution is -1.92. The van der Waals surface area contributed by atoms with E-state index in [-0.39, 0.29) is 14.9 Å². The van der Waals surface area contributed by atoms with E-state index in [0.29, 0.717) is 23.7 Å². The minimum atomic E-state index is 0. The summed E-state index contributed by atoms with van der Waals surface area (Å²) in [5.74, 6) is 2.12. The van der Waals surface area contributed by atoms with Gasteiger partial charge in [0, 0.05) is 29.7 Å².